The Bertz CT molecular complexity index is 514. The van der Waals surface area contributed by atoms with Crippen LogP contribution in [0.25, 0.3) is 0 Å². The first-order valence-corrected chi connectivity index (χ1v) is 9.05. The minimum absolute atomic E-state index is 0.0434. The quantitative estimate of drug-likeness (QED) is 0.417. The summed E-state index contributed by atoms with van der Waals surface area (Å²) in [6, 6.07) is 16.0. The van der Waals surface area contributed by atoms with Crippen molar-refractivity contribution in [2.75, 3.05) is 5.75 Å². The number of rotatable bonds is 5. The SMILES string of the molecule is Clc1ccc(SCC(Cl)Sc2ccc(Br)cc2)cc1. The average molecular weight is 394 g/mol. The number of thioether (sulfide) groups is 2. The average Bonchev–Trinajstić information content (AvgIpc) is 2.41. The fraction of sp³-hybridized carbons (Fsp3) is 0.143. The lowest BCUT2D eigenvalue weighted by atomic mass is 10.4. The molecule has 0 saturated heterocycles. The number of alkyl halides is 1. The van der Waals surface area contributed by atoms with Crippen LogP contribution in [0, 0.1) is 0 Å². The number of hydrogen-bond donors (Lipinski definition) is 0. The molecule has 0 aromatic heterocycles. The topological polar surface area (TPSA) is 0 Å². The first-order valence-electron chi connectivity index (χ1n) is 5.58. The Hall–Kier alpha value is 0.200. The molecule has 0 bridgehead atoms. The molecule has 100 valence electrons. The van der Waals surface area contributed by atoms with Gasteiger partial charge in [0, 0.05) is 25.0 Å². The van der Waals surface area contributed by atoms with Crippen LogP contribution in [0.3, 0.4) is 0 Å². The molecule has 1 atom stereocenters. The Balaban J connectivity index is 1.82. The van der Waals surface area contributed by atoms with Crippen molar-refractivity contribution < 1.29 is 0 Å². The van der Waals surface area contributed by atoms with Gasteiger partial charge in [-0.1, -0.05) is 27.5 Å². The molecular weight excluding hydrogens is 383 g/mol. The van der Waals surface area contributed by atoms with Gasteiger partial charge in [0.2, 0.25) is 0 Å². The fourth-order valence-corrected chi connectivity index (χ4v) is 3.99. The van der Waals surface area contributed by atoms with Gasteiger partial charge in [0.25, 0.3) is 0 Å². The summed E-state index contributed by atoms with van der Waals surface area (Å²) in [6.07, 6.45) is 0. The molecular formula is C14H11BrCl2S2. The summed E-state index contributed by atoms with van der Waals surface area (Å²) in [5.41, 5.74) is 0. The minimum Gasteiger partial charge on any atom is -0.124 e. The van der Waals surface area contributed by atoms with Crippen LogP contribution in [-0.4, -0.2) is 10.5 Å². The first-order chi connectivity index (χ1) is 9.13. The Morgan fingerprint density at radius 2 is 1.53 bits per heavy atom. The van der Waals surface area contributed by atoms with E-state index in [0.29, 0.717) is 0 Å². The maximum Gasteiger partial charge on any atom is 0.0929 e. The van der Waals surface area contributed by atoms with E-state index in [9.17, 15) is 0 Å². The van der Waals surface area contributed by atoms with Gasteiger partial charge < -0.3 is 0 Å². The minimum atomic E-state index is 0.0434. The van der Waals surface area contributed by atoms with E-state index in [2.05, 4.69) is 28.1 Å². The summed E-state index contributed by atoms with van der Waals surface area (Å²) < 4.78 is 1.13. The second-order valence-corrected chi connectivity index (χ2v) is 8.25. The van der Waals surface area contributed by atoms with Crippen molar-refractivity contribution in [3.8, 4) is 0 Å². The third kappa shape index (κ3) is 5.60. The first kappa shape index (κ1) is 15.6. The van der Waals surface area contributed by atoms with Gasteiger partial charge in [0.1, 0.15) is 0 Å². The van der Waals surface area contributed by atoms with Gasteiger partial charge in [0.15, 0.2) is 0 Å². The van der Waals surface area contributed by atoms with Crippen molar-refractivity contribution in [1.82, 2.24) is 0 Å². The highest BCUT2D eigenvalue weighted by atomic mass is 79.9. The zero-order valence-corrected chi connectivity index (χ0v) is 14.6. The molecule has 0 aliphatic carbocycles. The summed E-state index contributed by atoms with van der Waals surface area (Å²) >= 11 is 19.0. The predicted molar refractivity (Wildman–Crippen MR) is 91.8 cm³/mol. The van der Waals surface area contributed by atoms with E-state index in [1.807, 2.05) is 36.4 Å². The lowest BCUT2D eigenvalue weighted by molar-refractivity contribution is 1.36. The molecule has 0 fully saturated rings. The van der Waals surface area contributed by atoms with Crippen LogP contribution in [-0.2, 0) is 0 Å². The van der Waals surface area contributed by atoms with Crippen LogP contribution in [0.1, 0.15) is 0 Å². The van der Waals surface area contributed by atoms with Crippen LogP contribution >= 0.6 is 62.7 Å². The molecule has 0 spiro atoms. The van der Waals surface area contributed by atoms with Crippen LogP contribution in [0.5, 0.6) is 0 Å². The Morgan fingerprint density at radius 1 is 0.947 bits per heavy atom. The van der Waals surface area contributed by atoms with Crippen LogP contribution in [0.2, 0.25) is 5.02 Å². The van der Waals surface area contributed by atoms with Crippen molar-refractivity contribution in [1.29, 1.82) is 0 Å². The molecule has 2 aromatic rings. The highest BCUT2D eigenvalue weighted by Gasteiger charge is 2.07. The highest BCUT2D eigenvalue weighted by Crippen LogP contribution is 2.31. The van der Waals surface area contributed by atoms with Gasteiger partial charge in [0.05, 0.1) is 4.71 Å². The summed E-state index contributed by atoms with van der Waals surface area (Å²) in [6.45, 7) is 0. The van der Waals surface area contributed by atoms with E-state index >= 15 is 0 Å². The molecule has 0 aliphatic rings. The molecule has 0 saturated carbocycles. The highest BCUT2D eigenvalue weighted by molar-refractivity contribution is 9.10. The van der Waals surface area contributed by atoms with Crippen LogP contribution < -0.4 is 0 Å². The molecule has 2 rings (SSSR count). The summed E-state index contributed by atoms with van der Waals surface area (Å²) in [5.74, 6) is 0.851. The maximum absolute atomic E-state index is 6.34. The van der Waals surface area contributed by atoms with E-state index in [4.69, 9.17) is 23.2 Å². The molecule has 0 aliphatic heterocycles. The fourth-order valence-electron chi connectivity index (χ4n) is 1.39. The van der Waals surface area contributed by atoms with Gasteiger partial charge in [-0.25, -0.2) is 0 Å². The van der Waals surface area contributed by atoms with Crippen molar-refractivity contribution >= 4 is 62.7 Å². The third-order valence-electron chi connectivity index (χ3n) is 2.27. The summed E-state index contributed by atoms with van der Waals surface area (Å²) in [5, 5.41) is 0.760. The maximum atomic E-state index is 6.34. The van der Waals surface area contributed by atoms with Crippen molar-refractivity contribution in [3.05, 3.63) is 58.0 Å². The lowest BCUT2D eigenvalue weighted by Gasteiger charge is -2.09. The molecule has 0 nitrogen and oxygen atoms in total. The zero-order valence-electron chi connectivity index (χ0n) is 9.85. The Morgan fingerprint density at radius 3 is 2.16 bits per heavy atom. The Labute approximate surface area is 140 Å². The largest absolute Gasteiger partial charge is 0.124 e. The van der Waals surface area contributed by atoms with Crippen LogP contribution in [0.15, 0.2) is 62.8 Å². The molecule has 2 aromatic carbocycles. The molecule has 0 N–H and O–H groups in total. The summed E-state index contributed by atoms with van der Waals surface area (Å²) in [4.78, 5) is 2.37. The van der Waals surface area contributed by atoms with Crippen LogP contribution in [0.4, 0.5) is 0 Å². The predicted octanol–water partition coefficient (Wildman–Crippen LogP) is 6.55. The van der Waals surface area contributed by atoms with Crippen molar-refractivity contribution in [3.63, 3.8) is 0 Å². The molecule has 19 heavy (non-hydrogen) atoms. The van der Waals surface area contributed by atoms with E-state index in [0.717, 1.165) is 15.2 Å². The molecule has 0 radical (unpaired) electrons. The molecule has 5 heteroatoms. The standard InChI is InChI=1S/C14H11BrCl2S2/c15-10-1-5-13(6-2-10)19-14(17)9-18-12-7-3-11(16)4-8-12/h1-8,14H,9H2. The van der Waals surface area contributed by atoms with Gasteiger partial charge in [-0.3, -0.25) is 0 Å². The number of hydrogen-bond acceptors (Lipinski definition) is 2. The monoisotopic (exact) mass is 392 g/mol. The smallest absolute Gasteiger partial charge is 0.0929 e. The molecule has 1 unspecified atom stereocenters. The number of halogens is 3. The van der Waals surface area contributed by atoms with Gasteiger partial charge >= 0.3 is 0 Å². The molecule has 0 heterocycles. The van der Waals surface area contributed by atoms with Gasteiger partial charge in [-0.2, -0.15) is 0 Å². The van der Waals surface area contributed by atoms with E-state index in [1.165, 1.54) is 9.79 Å². The summed E-state index contributed by atoms with van der Waals surface area (Å²) in [7, 11) is 0. The normalized spacial score (nSPS) is 12.4. The van der Waals surface area contributed by atoms with Crippen molar-refractivity contribution in [2.45, 2.75) is 14.5 Å². The van der Waals surface area contributed by atoms with Gasteiger partial charge in [-0.15, -0.1) is 35.1 Å². The second kappa shape index (κ2) is 7.84. The lowest BCUT2D eigenvalue weighted by Crippen LogP contribution is -1.95. The van der Waals surface area contributed by atoms with Crippen molar-refractivity contribution in [2.24, 2.45) is 0 Å². The van der Waals surface area contributed by atoms with E-state index in [-0.39, 0.29) is 4.71 Å². The third-order valence-corrected chi connectivity index (χ3v) is 5.94. The van der Waals surface area contributed by atoms with E-state index in [1.54, 1.807) is 23.5 Å². The Kier molecular flexibility index (Phi) is 6.43. The second-order valence-electron chi connectivity index (χ2n) is 3.75. The van der Waals surface area contributed by atoms with E-state index < -0.39 is 0 Å². The zero-order chi connectivity index (χ0) is 13.7. The number of benzene rings is 2. The van der Waals surface area contributed by atoms with Gasteiger partial charge in [-0.05, 0) is 48.5 Å². The molecule has 0 amide bonds.